The fraction of sp³-hybridized carbons (Fsp3) is 0.545. The van der Waals surface area contributed by atoms with Crippen LogP contribution in [0.25, 0.3) is 0 Å². The number of piperazine rings is 1. The second kappa shape index (κ2) is 14.8. The van der Waals surface area contributed by atoms with Gasteiger partial charge in [0.1, 0.15) is 18.8 Å². The molecule has 46 heavy (non-hydrogen) atoms. The highest BCUT2D eigenvalue weighted by Crippen LogP contribution is 2.34. The topological polar surface area (TPSA) is 109 Å². The summed E-state index contributed by atoms with van der Waals surface area (Å²) >= 11 is 0. The van der Waals surface area contributed by atoms with Gasteiger partial charge >= 0.3 is 12.3 Å². The Hall–Kier alpha value is -3.68. The summed E-state index contributed by atoms with van der Waals surface area (Å²) in [6, 6.07) is 11.6. The van der Waals surface area contributed by atoms with E-state index in [2.05, 4.69) is 4.90 Å². The van der Waals surface area contributed by atoms with Crippen LogP contribution >= 0.6 is 0 Å². The number of morpholine rings is 1. The van der Waals surface area contributed by atoms with Crippen LogP contribution in [0.5, 0.6) is 0 Å². The van der Waals surface area contributed by atoms with E-state index in [-0.39, 0.29) is 37.0 Å². The quantitative estimate of drug-likeness (QED) is 0.422. The molecule has 0 aliphatic carbocycles. The van der Waals surface area contributed by atoms with Crippen molar-refractivity contribution in [3.8, 4) is 0 Å². The number of carbonyl (C=O) groups is 3. The highest BCUT2D eigenvalue weighted by atomic mass is 19.4. The zero-order chi connectivity index (χ0) is 32.8. The Morgan fingerprint density at radius 2 is 1.78 bits per heavy atom. The Labute approximate surface area is 267 Å². The average molecular weight is 646 g/mol. The van der Waals surface area contributed by atoms with Gasteiger partial charge in [-0.1, -0.05) is 42.0 Å². The highest BCUT2D eigenvalue weighted by molar-refractivity contribution is 5.91. The molecule has 5 rings (SSSR count). The minimum atomic E-state index is -4.54. The van der Waals surface area contributed by atoms with Gasteiger partial charge in [-0.2, -0.15) is 13.2 Å². The van der Waals surface area contributed by atoms with Gasteiger partial charge in [-0.25, -0.2) is 4.79 Å². The number of alkyl halides is 3. The molecular weight excluding hydrogens is 603 g/mol. The van der Waals surface area contributed by atoms with Gasteiger partial charge in [0.15, 0.2) is 0 Å². The molecule has 3 amide bonds. The molecule has 3 aliphatic heterocycles. The second-order valence-electron chi connectivity index (χ2n) is 12.2. The SMILES string of the molecule is Cc1cc(COC(=O)N2C(Cc3ccccc3)CC(=O)N3C2CN(CCN2CCOCC2)C(=O)[C@@H]3CCCN)cc(C(F)(F)F)c1. The lowest BCUT2D eigenvalue weighted by Gasteiger charge is -2.54. The number of hydrogen-bond acceptors (Lipinski definition) is 7. The normalized spacial score (nSPS) is 22.6. The van der Waals surface area contributed by atoms with Gasteiger partial charge in [-0.3, -0.25) is 19.4 Å². The van der Waals surface area contributed by atoms with E-state index in [9.17, 15) is 27.6 Å². The molecule has 0 aromatic heterocycles. The van der Waals surface area contributed by atoms with Gasteiger partial charge in [0.25, 0.3) is 0 Å². The predicted octanol–water partition coefficient (Wildman–Crippen LogP) is 3.40. The van der Waals surface area contributed by atoms with Crippen LogP contribution in [-0.4, -0.2) is 108 Å². The maximum absolute atomic E-state index is 14.0. The van der Waals surface area contributed by atoms with Crippen molar-refractivity contribution in [3.05, 3.63) is 70.8 Å². The summed E-state index contributed by atoms with van der Waals surface area (Å²) in [4.78, 5) is 48.6. The summed E-state index contributed by atoms with van der Waals surface area (Å²) in [5, 5.41) is 0. The molecular formula is C33H42F3N5O5. The van der Waals surface area contributed by atoms with Crippen LogP contribution in [0.3, 0.4) is 0 Å². The molecule has 3 fully saturated rings. The van der Waals surface area contributed by atoms with E-state index in [1.807, 2.05) is 30.3 Å². The van der Waals surface area contributed by atoms with Gasteiger partial charge in [-0.15, -0.1) is 0 Å². The van der Waals surface area contributed by atoms with Crippen molar-refractivity contribution in [1.82, 2.24) is 19.6 Å². The number of aryl methyl sites for hydroxylation is 1. The average Bonchev–Trinajstić information content (AvgIpc) is 3.03. The summed E-state index contributed by atoms with van der Waals surface area (Å²) < 4.78 is 51.6. The Morgan fingerprint density at radius 3 is 2.48 bits per heavy atom. The molecule has 3 heterocycles. The molecule has 3 aliphatic rings. The van der Waals surface area contributed by atoms with Crippen LogP contribution in [-0.2, 0) is 38.3 Å². The smallest absolute Gasteiger partial charge is 0.416 e. The van der Waals surface area contributed by atoms with Crippen molar-refractivity contribution in [2.45, 2.75) is 63.6 Å². The van der Waals surface area contributed by atoms with Gasteiger partial charge in [-0.05, 0) is 56.0 Å². The molecule has 2 unspecified atom stereocenters. The minimum absolute atomic E-state index is 0.0245. The first-order valence-corrected chi connectivity index (χ1v) is 15.8. The highest BCUT2D eigenvalue weighted by Gasteiger charge is 2.52. The van der Waals surface area contributed by atoms with E-state index in [1.165, 1.54) is 9.80 Å². The summed E-state index contributed by atoms with van der Waals surface area (Å²) in [6.45, 7) is 5.36. The number of nitrogens with zero attached hydrogens (tertiary/aromatic N) is 4. The Bertz CT molecular complexity index is 1370. The lowest BCUT2D eigenvalue weighted by molar-refractivity contribution is -0.172. The number of ether oxygens (including phenoxy) is 2. The van der Waals surface area contributed by atoms with Crippen molar-refractivity contribution in [2.24, 2.45) is 5.73 Å². The monoisotopic (exact) mass is 645 g/mol. The fourth-order valence-electron chi connectivity index (χ4n) is 6.64. The summed E-state index contributed by atoms with van der Waals surface area (Å²) in [6.07, 6.45) is -4.91. The van der Waals surface area contributed by atoms with Gasteiger partial charge in [0.2, 0.25) is 11.8 Å². The third-order valence-electron chi connectivity index (χ3n) is 8.87. The van der Waals surface area contributed by atoms with Crippen molar-refractivity contribution < 1.29 is 37.0 Å². The lowest BCUT2D eigenvalue weighted by atomic mass is 9.93. The van der Waals surface area contributed by atoms with Crippen LogP contribution in [0, 0.1) is 6.92 Å². The lowest BCUT2D eigenvalue weighted by Crippen LogP contribution is -2.73. The molecule has 250 valence electrons. The zero-order valence-electron chi connectivity index (χ0n) is 26.1. The molecule has 3 saturated heterocycles. The molecule has 3 atom stereocenters. The van der Waals surface area contributed by atoms with Crippen molar-refractivity contribution >= 4 is 17.9 Å². The van der Waals surface area contributed by atoms with Crippen molar-refractivity contribution in [1.29, 1.82) is 0 Å². The van der Waals surface area contributed by atoms with Crippen LogP contribution in [0.2, 0.25) is 0 Å². The Morgan fingerprint density at radius 1 is 1.04 bits per heavy atom. The summed E-state index contributed by atoms with van der Waals surface area (Å²) in [5.41, 5.74) is 6.50. The molecule has 0 saturated carbocycles. The van der Waals surface area contributed by atoms with E-state index >= 15 is 0 Å². The summed E-state index contributed by atoms with van der Waals surface area (Å²) in [5.74, 6) is -0.410. The number of amides is 3. The largest absolute Gasteiger partial charge is 0.444 e. The maximum atomic E-state index is 14.0. The maximum Gasteiger partial charge on any atom is 0.416 e. The molecule has 2 aromatic carbocycles. The van der Waals surface area contributed by atoms with Crippen LogP contribution in [0.1, 0.15) is 41.5 Å². The Kier molecular flexibility index (Phi) is 10.9. The number of rotatable bonds is 10. The molecule has 13 heteroatoms. The first kappa shape index (κ1) is 33.7. The standard InChI is InChI=1S/C33H42F3N5O5/c1-23-16-25(18-26(17-23)33(34,35)36)22-46-32(44)40-27(19-24-6-3-2-4-7-24)20-30(42)41-28(8-5-9-37)31(43)39(21-29(40)41)11-10-38-12-14-45-15-13-38/h2-4,6-7,16-18,27-29H,5,8-15,19-22,37H2,1H3/t27?,28-,29?/m0/s1. The van der Waals surface area contributed by atoms with E-state index in [0.717, 1.165) is 30.8 Å². The predicted molar refractivity (Wildman–Crippen MR) is 163 cm³/mol. The number of nitrogens with two attached hydrogens (primary N) is 1. The zero-order valence-corrected chi connectivity index (χ0v) is 26.1. The Balaban J connectivity index is 1.43. The summed E-state index contributed by atoms with van der Waals surface area (Å²) in [7, 11) is 0. The first-order valence-electron chi connectivity index (χ1n) is 15.8. The molecule has 0 spiro atoms. The number of hydrogen-bond donors (Lipinski definition) is 1. The second-order valence-corrected chi connectivity index (χ2v) is 12.2. The molecule has 0 bridgehead atoms. The number of benzene rings is 2. The molecule has 2 N–H and O–H groups in total. The van der Waals surface area contributed by atoms with Crippen LogP contribution < -0.4 is 5.73 Å². The van der Waals surface area contributed by atoms with Gasteiger partial charge in [0.05, 0.1) is 25.3 Å². The third kappa shape index (κ3) is 7.99. The van der Waals surface area contributed by atoms with E-state index in [4.69, 9.17) is 15.2 Å². The van der Waals surface area contributed by atoms with Gasteiger partial charge in [0, 0.05) is 38.6 Å². The number of fused-ring (bicyclic) bond motifs is 1. The minimum Gasteiger partial charge on any atom is -0.444 e. The van der Waals surface area contributed by atoms with Crippen LogP contribution in [0.4, 0.5) is 18.0 Å². The van der Waals surface area contributed by atoms with E-state index in [0.29, 0.717) is 57.7 Å². The first-order chi connectivity index (χ1) is 22.0. The van der Waals surface area contributed by atoms with Crippen LogP contribution in [0.15, 0.2) is 48.5 Å². The van der Waals surface area contributed by atoms with E-state index in [1.54, 1.807) is 17.9 Å². The molecule has 10 nitrogen and oxygen atoms in total. The third-order valence-corrected chi connectivity index (χ3v) is 8.87. The van der Waals surface area contributed by atoms with E-state index < -0.39 is 36.1 Å². The molecule has 2 aromatic rings. The van der Waals surface area contributed by atoms with Crippen molar-refractivity contribution in [3.63, 3.8) is 0 Å². The fourth-order valence-corrected chi connectivity index (χ4v) is 6.64. The van der Waals surface area contributed by atoms with Gasteiger partial charge < -0.3 is 25.0 Å². The molecule has 0 radical (unpaired) electrons. The number of carbonyl (C=O) groups excluding carboxylic acids is 3. The number of halogens is 3. The van der Waals surface area contributed by atoms with Crippen molar-refractivity contribution in [2.75, 3.05) is 52.5 Å².